The van der Waals surface area contributed by atoms with E-state index in [0.29, 0.717) is 5.92 Å². The minimum Gasteiger partial charge on any atom is -0.461 e. The number of aliphatic hydroxyl groups is 1. The minimum absolute atomic E-state index is 0.0648. The van der Waals surface area contributed by atoms with E-state index in [1.165, 1.54) is 44.1 Å². The lowest BCUT2D eigenvalue weighted by Gasteiger charge is -2.52. The molecule has 2 aliphatic carbocycles. The second-order valence-electron chi connectivity index (χ2n) is 10.0. The first-order chi connectivity index (χ1) is 13.9. The molecule has 1 N–H and O–H groups in total. The Morgan fingerprint density at radius 1 is 1.17 bits per heavy atom. The van der Waals surface area contributed by atoms with Gasteiger partial charge in [0.15, 0.2) is 0 Å². The molecule has 3 rings (SSSR count). The smallest absolute Gasteiger partial charge is 0.311 e. The van der Waals surface area contributed by atoms with Crippen molar-refractivity contribution >= 4 is 5.97 Å². The van der Waals surface area contributed by atoms with Gasteiger partial charge in [-0.25, -0.2) is 0 Å². The van der Waals surface area contributed by atoms with Crippen molar-refractivity contribution in [1.82, 2.24) is 4.90 Å². The zero-order valence-electron chi connectivity index (χ0n) is 19.2. The van der Waals surface area contributed by atoms with E-state index in [1.807, 2.05) is 0 Å². The van der Waals surface area contributed by atoms with Crippen LogP contribution in [0.2, 0.25) is 0 Å². The van der Waals surface area contributed by atoms with Crippen LogP contribution < -0.4 is 0 Å². The Balaban J connectivity index is 1.75. The summed E-state index contributed by atoms with van der Waals surface area (Å²) >= 11 is 0. The first-order valence-corrected chi connectivity index (χ1v) is 12.2. The first-order valence-electron chi connectivity index (χ1n) is 12.2. The molecule has 1 aliphatic heterocycles. The molecule has 0 aromatic carbocycles. The third-order valence-corrected chi connectivity index (χ3v) is 8.18. The van der Waals surface area contributed by atoms with Crippen molar-refractivity contribution in [1.29, 1.82) is 0 Å². The highest BCUT2D eigenvalue weighted by atomic mass is 16.6. The normalized spacial score (nSPS) is 36.6. The van der Waals surface area contributed by atoms with Crippen LogP contribution in [0.5, 0.6) is 0 Å². The second kappa shape index (κ2) is 9.96. The molecule has 166 valence electrons. The number of hydrogen-bond acceptors (Lipinski definition) is 4. The van der Waals surface area contributed by atoms with Crippen molar-refractivity contribution < 1.29 is 14.6 Å². The fraction of sp³-hybridized carbons (Fsp3) is 0.880. The Kier molecular flexibility index (Phi) is 7.83. The van der Waals surface area contributed by atoms with Crippen LogP contribution >= 0.6 is 0 Å². The number of ether oxygens (including phenoxy) is 1. The predicted octanol–water partition coefficient (Wildman–Crippen LogP) is 4.95. The molecular weight excluding hydrogens is 362 g/mol. The number of carbonyl (C=O) groups excluding carboxylic acids is 1. The number of rotatable bonds is 10. The number of allylic oxidation sites excluding steroid dienone is 1. The van der Waals surface area contributed by atoms with Crippen LogP contribution in [0.1, 0.15) is 85.5 Å². The van der Waals surface area contributed by atoms with Gasteiger partial charge in [0.2, 0.25) is 0 Å². The molecule has 6 atom stereocenters. The molecule has 3 aliphatic rings. The van der Waals surface area contributed by atoms with Crippen molar-refractivity contribution in [2.24, 2.45) is 23.2 Å². The van der Waals surface area contributed by atoms with Gasteiger partial charge in [0.1, 0.15) is 6.10 Å². The second-order valence-corrected chi connectivity index (χ2v) is 10.0. The minimum atomic E-state index is -0.493. The quantitative estimate of drug-likeness (QED) is 0.317. The molecule has 0 unspecified atom stereocenters. The van der Waals surface area contributed by atoms with Crippen LogP contribution in [-0.4, -0.2) is 47.8 Å². The van der Waals surface area contributed by atoms with Gasteiger partial charge in [-0.3, -0.25) is 4.79 Å². The van der Waals surface area contributed by atoms with Gasteiger partial charge in [-0.05, 0) is 44.7 Å². The number of hydrogen-bond donors (Lipinski definition) is 1. The summed E-state index contributed by atoms with van der Waals surface area (Å²) in [4.78, 5) is 15.4. The molecule has 0 bridgehead atoms. The summed E-state index contributed by atoms with van der Waals surface area (Å²) < 4.78 is 5.86. The maximum absolute atomic E-state index is 12.9. The van der Waals surface area contributed by atoms with Crippen molar-refractivity contribution in [2.75, 3.05) is 19.6 Å². The monoisotopic (exact) mass is 405 g/mol. The summed E-state index contributed by atoms with van der Waals surface area (Å²) in [6.07, 6.45) is 11.9. The molecule has 2 fully saturated rings. The Morgan fingerprint density at radius 3 is 2.45 bits per heavy atom. The molecule has 0 aromatic rings. The molecule has 1 saturated carbocycles. The summed E-state index contributed by atoms with van der Waals surface area (Å²) in [6, 6.07) is 0. The molecule has 0 amide bonds. The SMILES string of the molecule is CCCCCN(CCCCC)C[C@@H]1C(=O)O[C@H]2CC3=CCC[C@H](C)[C@]3(C)[C@H](O)[C@@H]21. The average Bonchev–Trinajstić information content (AvgIpc) is 3.00. The van der Waals surface area contributed by atoms with E-state index in [1.54, 1.807) is 0 Å². The summed E-state index contributed by atoms with van der Waals surface area (Å²) in [5.74, 6) is 0.112. The Labute approximate surface area is 178 Å². The molecule has 4 heteroatoms. The van der Waals surface area contributed by atoms with E-state index in [9.17, 15) is 9.90 Å². The van der Waals surface area contributed by atoms with Crippen molar-refractivity contribution in [3.05, 3.63) is 11.6 Å². The summed E-state index contributed by atoms with van der Waals surface area (Å²) in [5.41, 5.74) is 1.11. The van der Waals surface area contributed by atoms with E-state index in [-0.39, 0.29) is 29.3 Å². The van der Waals surface area contributed by atoms with Crippen LogP contribution in [0.25, 0.3) is 0 Å². The largest absolute Gasteiger partial charge is 0.461 e. The van der Waals surface area contributed by atoms with Gasteiger partial charge >= 0.3 is 5.97 Å². The maximum atomic E-state index is 12.9. The molecule has 1 saturated heterocycles. The molecule has 4 nitrogen and oxygen atoms in total. The summed E-state index contributed by atoms with van der Waals surface area (Å²) in [6.45, 7) is 11.8. The number of fused-ring (bicyclic) bond motifs is 2. The number of unbranched alkanes of at least 4 members (excludes halogenated alkanes) is 4. The van der Waals surface area contributed by atoms with Crippen LogP contribution in [0.15, 0.2) is 11.6 Å². The fourth-order valence-corrected chi connectivity index (χ4v) is 6.02. The van der Waals surface area contributed by atoms with E-state index < -0.39 is 6.10 Å². The van der Waals surface area contributed by atoms with Crippen molar-refractivity contribution in [3.8, 4) is 0 Å². The lowest BCUT2D eigenvalue weighted by atomic mass is 9.55. The van der Waals surface area contributed by atoms with Crippen LogP contribution in [0, 0.1) is 23.2 Å². The van der Waals surface area contributed by atoms with Gasteiger partial charge in [0.05, 0.1) is 12.0 Å². The topological polar surface area (TPSA) is 49.8 Å². The van der Waals surface area contributed by atoms with Gasteiger partial charge in [0, 0.05) is 24.3 Å². The van der Waals surface area contributed by atoms with Crippen molar-refractivity contribution in [3.63, 3.8) is 0 Å². The number of carbonyl (C=O) groups is 1. The molecule has 1 heterocycles. The third-order valence-electron chi connectivity index (χ3n) is 8.18. The zero-order chi connectivity index (χ0) is 21.0. The van der Waals surface area contributed by atoms with Crippen LogP contribution in [-0.2, 0) is 9.53 Å². The average molecular weight is 406 g/mol. The lowest BCUT2D eigenvalue weighted by molar-refractivity contribution is -0.145. The third kappa shape index (κ3) is 4.58. The highest BCUT2D eigenvalue weighted by Crippen LogP contribution is 2.56. The fourth-order valence-electron chi connectivity index (χ4n) is 6.02. The summed E-state index contributed by atoms with van der Waals surface area (Å²) in [7, 11) is 0. The number of esters is 1. The van der Waals surface area contributed by atoms with E-state index in [0.717, 1.165) is 38.9 Å². The van der Waals surface area contributed by atoms with Crippen LogP contribution in [0.4, 0.5) is 0 Å². The predicted molar refractivity (Wildman–Crippen MR) is 118 cm³/mol. The molecule has 29 heavy (non-hydrogen) atoms. The van der Waals surface area contributed by atoms with Gasteiger partial charge in [-0.2, -0.15) is 0 Å². The number of aliphatic hydroxyl groups excluding tert-OH is 1. The highest BCUT2D eigenvalue weighted by Gasteiger charge is 2.59. The standard InChI is InChI=1S/C25H43NO3/c1-5-7-9-14-26(15-10-8-6-2)17-20-22-21(29-24(20)28)16-19-13-11-12-18(3)25(19,4)23(22)27/h13,18,20-23,27H,5-12,14-17H2,1-4H3/t18-,20-,21-,22+,23+,25-/m0/s1. The Morgan fingerprint density at radius 2 is 1.83 bits per heavy atom. The maximum Gasteiger partial charge on any atom is 0.311 e. The molecule has 0 radical (unpaired) electrons. The van der Waals surface area contributed by atoms with E-state index in [4.69, 9.17) is 4.74 Å². The first kappa shape index (κ1) is 22.8. The Bertz CT molecular complexity index is 579. The highest BCUT2D eigenvalue weighted by molar-refractivity contribution is 5.76. The Hall–Kier alpha value is -0.870. The zero-order valence-corrected chi connectivity index (χ0v) is 19.2. The molecular formula is C25H43NO3. The molecule has 0 spiro atoms. The molecule has 0 aromatic heterocycles. The number of nitrogens with zero attached hydrogens (tertiary/aromatic N) is 1. The van der Waals surface area contributed by atoms with Gasteiger partial charge in [-0.1, -0.05) is 65.0 Å². The van der Waals surface area contributed by atoms with E-state index in [2.05, 4.69) is 38.7 Å². The van der Waals surface area contributed by atoms with Gasteiger partial charge < -0.3 is 14.7 Å². The van der Waals surface area contributed by atoms with Crippen LogP contribution in [0.3, 0.4) is 0 Å². The van der Waals surface area contributed by atoms with E-state index >= 15 is 0 Å². The van der Waals surface area contributed by atoms with Gasteiger partial charge in [0.25, 0.3) is 0 Å². The summed E-state index contributed by atoms with van der Waals surface area (Å²) in [5, 5.41) is 11.5. The lowest BCUT2D eigenvalue weighted by Crippen LogP contribution is -2.54. The van der Waals surface area contributed by atoms with Gasteiger partial charge in [-0.15, -0.1) is 0 Å². The van der Waals surface area contributed by atoms with Crippen molar-refractivity contribution in [2.45, 2.75) is 97.7 Å².